The summed E-state index contributed by atoms with van der Waals surface area (Å²) in [6, 6.07) is 0. The van der Waals surface area contributed by atoms with Crippen LogP contribution in [0.5, 0.6) is 0 Å². The molecule has 1 aliphatic carbocycles. The quantitative estimate of drug-likeness (QED) is 0.448. The fourth-order valence-electron chi connectivity index (χ4n) is 1.69. The maximum absolute atomic E-state index is 8.73. The van der Waals surface area contributed by atoms with Crippen LogP contribution in [0.4, 0.5) is 0 Å². The Morgan fingerprint density at radius 3 is 3.08 bits per heavy atom. The van der Waals surface area contributed by atoms with E-state index in [1.165, 1.54) is 0 Å². The second-order valence-electron chi connectivity index (χ2n) is 3.07. The van der Waals surface area contributed by atoms with Crippen LogP contribution in [0.2, 0.25) is 0 Å². The number of H-pyrrole nitrogens is 1. The van der Waals surface area contributed by atoms with E-state index in [9.17, 15) is 0 Å². The van der Waals surface area contributed by atoms with Gasteiger partial charge in [-0.15, -0.1) is 0 Å². The van der Waals surface area contributed by atoms with E-state index < -0.39 is 0 Å². The number of nitrogens with zero attached hydrogens (tertiary/aromatic N) is 2. The molecule has 64 valence electrons. The molecule has 0 spiro atoms. The van der Waals surface area contributed by atoms with Gasteiger partial charge in [-0.3, -0.25) is 5.10 Å². The Hall–Kier alpha value is -1.32. The lowest BCUT2D eigenvalue weighted by molar-refractivity contribution is 0.317. The summed E-state index contributed by atoms with van der Waals surface area (Å²) in [5.41, 5.74) is 3.82. The van der Waals surface area contributed by atoms with Gasteiger partial charge in [-0.05, 0) is 26.2 Å². The van der Waals surface area contributed by atoms with Crippen molar-refractivity contribution in [3.05, 3.63) is 17.0 Å². The first kappa shape index (κ1) is 7.34. The van der Waals surface area contributed by atoms with Crippen molar-refractivity contribution in [2.75, 3.05) is 0 Å². The zero-order valence-electron chi connectivity index (χ0n) is 6.96. The van der Waals surface area contributed by atoms with Crippen molar-refractivity contribution in [2.45, 2.75) is 26.2 Å². The van der Waals surface area contributed by atoms with Crippen LogP contribution in [-0.4, -0.2) is 21.1 Å². The van der Waals surface area contributed by atoms with Crippen molar-refractivity contribution in [1.29, 1.82) is 0 Å². The maximum atomic E-state index is 8.73. The molecule has 0 saturated carbocycles. The first-order chi connectivity index (χ1) is 5.83. The zero-order valence-corrected chi connectivity index (χ0v) is 6.96. The van der Waals surface area contributed by atoms with Crippen LogP contribution in [0.1, 0.15) is 29.8 Å². The Kier molecular flexibility index (Phi) is 1.60. The van der Waals surface area contributed by atoms with Crippen LogP contribution in [0.15, 0.2) is 5.16 Å². The molecule has 0 radical (unpaired) electrons. The lowest BCUT2D eigenvalue weighted by Crippen LogP contribution is -2.11. The molecule has 2 rings (SSSR count). The number of aryl methyl sites for hydroxylation is 2. The molecule has 0 atom stereocenters. The van der Waals surface area contributed by atoms with E-state index in [0.29, 0.717) is 0 Å². The highest BCUT2D eigenvalue weighted by Crippen LogP contribution is 2.21. The first-order valence-electron chi connectivity index (χ1n) is 4.08. The predicted molar refractivity (Wildman–Crippen MR) is 44.6 cm³/mol. The lowest BCUT2D eigenvalue weighted by atomic mass is 9.94. The van der Waals surface area contributed by atoms with Crippen molar-refractivity contribution in [3.8, 4) is 0 Å². The molecule has 1 heterocycles. The molecule has 1 aromatic heterocycles. The van der Waals surface area contributed by atoms with Gasteiger partial charge in [0.1, 0.15) is 0 Å². The van der Waals surface area contributed by atoms with Gasteiger partial charge in [0.2, 0.25) is 0 Å². The van der Waals surface area contributed by atoms with Crippen molar-refractivity contribution >= 4 is 5.71 Å². The molecule has 4 nitrogen and oxygen atoms in total. The zero-order chi connectivity index (χ0) is 8.55. The van der Waals surface area contributed by atoms with Gasteiger partial charge < -0.3 is 5.21 Å². The topological polar surface area (TPSA) is 61.3 Å². The van der Waals surface area contributed by atoms with Gasteiger partial charge in [-0.2, -0.15) is 5.10 Å². The van der Waals surface area contributed by atoms with Crippen molar-refractivity contribution in [1.82, 2.24) is 10.2 Å². The summed E-state index contributed by atoms with van der Waals surface area (Å²) < 4.78 is 0. The van der Waals surface area contributed by atoms with Gasteiger partial charge in [0.15, 0.2) is 0 Å². The largest absolute Gasteiger partial charge is 0.411 e. The number of aromatic amines is 1. The predicted octanol–water partition coefficient (Wildman–Crippen LogP) is 1.23. The summed E-state index contributed by atoms with van der Waals surface area (Å²) in [6.45, 7) is 1.95. The van der Waals surface area contributed by atoms with Crippen LogP contribution in [0.3, 0.4) is 0 Å². The second kappa shape index (κ2) is 2.62. The third kappa shape index (κ3) is 0.913. The molecular weight excluding hydrogens is 154 g/mol. The number of aromatic nitrogens is 2. The van der Waals surface area contributed by atoms with E-state index in [2.05, 4.69) is 15.4 Å². The maximum Gasteiger partial charge on any atom is 0.0904 e. The van der Waals surface area contributed by atoms with Gasteiger partial charge in [0, 0.05) is 11.3 Å². The summed E-state index contributed by atoms with van der Waals surface area (Å²) in [7, 11) is 0. The third-order valence-corrected chi connectivity index (χ3v) is 2.26. The summed E-state index contributed by atoms with van der Waals surface area (Å²) in [6.07, 6.45) is 2.86. The number of hydrogen-bond acceptors (Lipinski definition) is 3. The molecule has 0 aromatic carbocycles. The lowest BCUT2D eigenvalue weighted by Gasteiger charge is -2.10. The average molecular weight is 165 g/mol. The Labute approximate surface area is 70.3 Å². The molecule has 0 saturated heterocycles. The summed E-state index contributed by atoms with van der Waals surface area (Å²) in [4.78, 5) is 0. The van der Waals surface area contributed by atoms with E-state index in [1.807, 2.05) is 6.92 Å². The van der Waals surface area contributed by atoms with Gasteiger partial charge in [0.25, 0.3) is 0 Å². The van der Waals surface area contributed by atoms with Crippen LogP contribution in [0.25, 0.3) is 0 Å². The SMILES string of the molecule is Cc1[nH]nc2c1C(=NO)CCC2. The standard InChI is InChI=1S/C8H11N3O/c1-5-8-6(10-9-5)3-2-4-7(8)11-12/h12H,2-4H2,1H3,(H,9,10). The second-order valence-corrected chi connectivity index (χ2v) is 3.07. The molecule has 1 aromatic rings. The van der Waals surface area contributed by atoms with Gasteiger partial charge >= 0.3 is 0 Å². The van der Waals surface area contributed by atoms with Gasteiger partial charge in [0.05, 0.1) is 11.4 Å². The van der Waals surface area contributed by atoms with Crippen molar-refractivity contribution in [3.63, 3.8) is 0 Å². The molecule has 4 heteroatoms. The number of rotatable bonds is 0. The Bertz CT molecular complexity index is 327. The minimum atomic E-state index is 0.766. The van der Waals surface area contributed by atoms with E-state index in [1.54, 1.807) is 0 Å². The van der Waals surface area contributed by atoms with Crippen LogP contribution >= 0.6 is 0 Å². The number of fused-ring (bicyclic) bond motifs is 1. The smallest absolute Gasteiger partial charge is 0.0904 e. The van der Waals surface area contributed by atoms with E-state index in [-0.39, 0.29) is 0 Å². The number of hydrogen-bond donors (Lipinski definition) is 2. The fourth-order valence-corrected chi connectivity index (χ4v) is 1.69. The highest BCUT2D eigenvalue weighted by Gasteiger charge is 2.20. The van der Waals surface area contributed by atoms with Gasteiger partial charge in [-0.25, -0.2) is 0 Å². The third-order valence-electron chi connectivity index (χ3n) is 2.26. The monoisotopic (exact) mass is 165 g/mol. The summed E-state index contributed by atoms with van der Waals surface area (Å²) in [5.74, 6) is 0. The van der Waals surface area contributed by atoms with E-state index in [4.69, 9.17) is 5.21 Å². The van der Waals surface area contributed by atoms with E-state index >= 15 is 0 Å². The molecular formula is C8H11N3O. The molecule has 12 heavy (non-hydrogen) atoms. The normalized spacial score (nSPS) is 19.6. The highest BCUT2D eigenvalue weighted by molar-refractivity contribution is 6.02. The van der Waals surface area contributed by atoms with Crippen molar-refractivity contribution in [2.24, 2.45) is 5.16 Å². The first-order valence-corrected chi connectivity index (χ1v) is 4.08. The summed E-state index contributed by atoms with van der Waals surface area (Å²) >= 11 is 0. The fraction of sp³-hybridized carbons (Fsp3) is 0.500. The molecule has 2 N–H and O–H groups in total. The minimum absolute atomic E-state index is 0.766. The summed E-state index contributed by atoms with van der Waals surface area (Å²) in [5, 5.41) is 19.0. The minimum Gasteiger partial charge on any atom is -0.411 e. The van der Waals surface area contributed by atoms with E-state index in [0.717, 1.165) is 41.9 Å². The Morgan fingerprint density at radius 2 is 2.33 bits per heavy atom. The molecule has 0 aliphatic heterocycles. The van der Waals surface area contributed by atoms with Crippen molar-refractivity contribution < 1.29 is 5.21 Å². The molecule has 0 fully saturated rings. The Balaban J connectivity index is 2.55. The Morgan fingerprint density at radius 1 is 1.50 bits per heavy atom. The highest BCUT2D eigenvalue weighted by atomic mass is 16.4. The number of oxime groups is 1. The average Bonchev–Trinajstić information content (AvgIpc) is 2.48. The molecule has 0 unspecified atom stereocenters. The van der Waals surface area contributed by atoms with Crippen LogP contribution < -0.4 is 0 Å². The molecule has 0 bridgehead atoms. The van der Waals surface area contributed by atoms with Gasteiger partial charge in [-0.1, -0.05) is 5.16 Å². The number of nitrogens with one attached hydrogen (secondary N) is 1. The molecule has 1 aliphatic rings. The van der Waals surface area contributed by atoms with Crippen LogP contribution in [-0.2, 0) is 6.42 Å². The van der Waals surface area contributed by atoms with Crippen LogP contribution in [0, 0.1) is 6.92 Å². The molecule has 0 amide bonds.